The van der Waals surface area contributed by atoms with Crippen LogP contribution < -0.4 is 4.74 Å². The van der Waals surface area contributed by atoms with Crippen molar-refractivity contribution >= 4 is 16.9 Å². The van der Waals surface area contributed by atoms with Gasteiger partial charge in [-0.3, -0.25) is 4.90 Å². The maximum Gasteiger partial charge on any atom is 0.453 e. The summed E-state index contributed by atoms with van der Waals surface area (Å²) in [5.74, 6) is -1.42. The minimum atomic E-state index is -4.61. The fraction of sp³-hybridized carbons (Fsp3) is 0.346. The molecule has 0 amide bonds. The number of benzene rings is 2. The molecule has 37 heavy (non-hydrogen) atoms. The molecule has 2 atom stereocenters. The van der Waals surface area contributed by atoms with Crippen LogP contribution in [0.4, 0.5) is 13.2 Å². The van der Waals surface area contributed by atoms with Gasteiger partial charge in [0.1, 0.15) is 12.1 Å². The first-order chi connectivity index (χ1) is 17.7. The zero-order valence-electron chi connectivity index (χ0n) is 20.3. The second-order valence-corrected chi connectivity index (χ2v) is 9.28. The molecule has 1 saturated heterocycles. The molecule has 1 aliphatic heterocycles. The highest BCUT2D eigenvalue weighted by Gasteiger charge is 2.38. The molecule has 8 nitrogen and oxygen atoms in total. The van der Waals surface area contributed by atoms with E-state index in [-0.39, 0.29) is 17.6 Å². The number of aromatic carboxylic acids is 1. The van der Waals surface area contributed by atoms with E-state index in [0.717, 1.165) is 39.7 Å². The molecule has 5 rings (SSSR count). The summed E-state index contributed by atoms with van der Waals surface area (Å²) in [6.45, 7) is 3.14. The van der Waals surface area contributed by atoms with Crippen LogP contribution in [0.2, 0.25) is 0 Å². The van der Waals surface area contributed by atoms with Crippen molar-refractivity contribution in [2.75, 3.05) is 13.7 Å². The predicted octanol–water partition coefficient (Wildman–Crippen LogP) is 5.37. The lowest BCUT2D eigenvalue weighted by atomic mass is 9.90. The average molecular weight is 514 g/mol. The number of aryl methyl sites for hydroxylation is 1. The van der Waals surface area contributed by atoms with Gasteiger partial charge in [-0.15, -0.1) is 5.10 Å². The summed E-state index contributed by atoms with van der Waals surface area (Å²) in [4.78, 5) is 20.4. The largest absolute Gasteiger partial charge is 0.496 e. The molecule has 11 heteroatoms. The van der Waals surface area contributed by atoms with Gasteiger partial charge in [-0.05, 0) is 55.2 Å². The molecule has 0 radical (unpaired) electrons. The van der Waals surface area contributed by atoms with Crippen LogP contribution >= 0.6 is 0 Å². The van der Waals surface area contributed by atoms with Crippen molar-refractivity contribution in [1.82, 2.24) is 24.6 Å². The molecule has 2 aromatic carbocycles. The van der Waals surface area contributed by atoms with Crippen LogP contribution in [-0.4, -0.2) is 49.4 Å². The smallest absolute Gasteiger partial charge is 0.453 e. The number of carboxylic acid groups (broad SMARTS) is 1. The number of nitrogens with zero attached hydrogens (tertiary/aromatic N) is 4. The summed E-state index contributed by atoms with van der Waals surface area (Å²) in [7, 11) is 1.63. The molecular formula is C26H26F3N5O3. The zero-order valence-corrected chi connectivity index (χ0v) is 20.3. The van der Waals surface area contributed by atoms with Gasteiger partial charge in [-0.2, -0.15) is 13.2 Å². The quantitative estimate of drug-likeness (QED) is 0.360. The first kappa shape index (κ1) is 24.8. The number of rotatable bonds is 6. The summed E-state index contributed by atoms with van der Waals surface area (Å²) in [5.41, 5.74) is 4.14. The molecule has 0 saturated carbocycles. The summed E-state index contributed by atoms with van der Waals surface area (Å²) < 4.78 is 46.3. The number of piperidine rings is 1. The number of carboxylic acids is 1. The molecule has 3 heterocycles. The number of alkyl halides is 3. The van der Waals surface area contributed by atoms with Crippen LogP contribution in [0, 0.1) is 6.92 Å². The third-order valence-electron chi connectivity index (χ3n) is 7.06. The summed E-state index contributed by atoms with van der Waals surface area (Å²) in [6.07, 6.45) is -0.522. The number of H-pyrrole nitrogens is 1. The highest BCUT2D eigenvalue weighted by molar-refractivity contribution is 5.88. The van der Waals surface area contributed by atoms with Gasteiger partial charge < -0.3 is 14.8 Å². The Balaban J connectivity index is 1.50. The first-order valence-electron chi connectivity index (χ1n) is 11.8. The number of hydrogen-bond acceptors (Lipinski definition) is 5. The zero-order chi connectivity index (χ0) is 26.3. The lowest BCUT2D eigenvalue weighted by molar-refractivity contribution is -0.145. The molecule has 2 aromatic heterocycles. The van der Waals surface area contributed by atoms with E-state index in [1.54, 1.807) is 31.4 Å². The number of aromatic amines is 1. The molecule has 0 spiro atoms. The maximum atomic E-state index is 13.1. The minimum absolute atomic E-state index is 0.169. The number of ether oxygens (including phenoxy) is 1. The normalized spacial score (nSPS) is 18.8. The van der Waals surface area contributed by atoms with Crippen molar-refractivity contribution in [2.24, 2.45) is 0 Å². The lowest BCUT2D eigenvalue weighted by Gasteiger charge is -2.40. The van der Waals surface area contributed by atoms with E-state index >= 15 is 0 Å². The Bertz CT molecular complexity index is 1430. The fourth-order valence-corrected chi connectivity index (χ4v) is 5.18. The Labute approximate surface area is 210 Å². The van der Waals surface area contributed by atoms with Crippen molar-refractivity contribution in [3.05, 3.63) is 77.0 Å². The van der Waals surface area contributed by atoms with Crippen molar-refractivity contribution in [2.45, 2.75) is 44.6 Å². The highest BCUT2D eigenvalue weighted by Crippen LogP contribution is 2.40. The number of carbonyl (C=O) groups is 1. The molecular weight excluding hydrogens is 487 g/mol. The monoisotopic (exact) mass is 513 g/mol. The maximum absolute atomic E-state index is 13.1. The average Bonchev–Trinajstić information content (AvgIpc) is 3.56. The van der Waals surface area contributed by atoms with E-state index in [1.165, 1.54) is 4.68 Å². The van der Waals surface area contributed by atoms with Gasteiger partial charge in [0, 0.05) is 41.8 Å². The van der Waals surface area contributed by atoms with Gasteiger partial charge in [-0.25, -0.2) is 14.5 Å². The number of likely N-dealkylation sites (tertiary alicyclic amines) is 1. The minimum Gasteiger partial charge on any atom is -0.496 e. The Morgan fingerprint density at radius 1 is 1.24 bits per heavy atom. The van der Waals surface area contributed by atoms with Gasteiger partial charge in [0.2, 0.25) is 0 Å². The number of nitrogens with one attached hydrogen (secondary N) is 1. The Hall–Kier alpha value is -3.86. The molecule has 0 bridgehead atoms. The molecule has 1 fully saturated rings. The third-order valence-corrected chi connectivity index (χ3v) is 7.06. The van der Waals surface area contributed by atoms with Crippen molar-refractivity contribution in [1.29, 1.82) is 0 Å². The first-order valence-corrected chi connectivity index (χ1v) is 11.8. The van der Waals surface area contributed by atoms with Crippen LogP contribution in [0.25, 0.3) is 10.9 Å². The summed E-state index contributed by atoms with van der Waals surface area (Å²) in [6, 6.07) is 10.1. The van der Waals surface area contributed by atoms with E-state index in [4.69, 9.17) is 4.74 Å². The van der Waals surface area contributed by atoms with Crippen LogP contribution in [0.15, 0.2) is 48.9 Å². The predicted molar refractivity (Wildman–Crippen MR) is 129 cm³/mol. The molecule has 0 unspecified atom stereocenters. The number of methoxy groups -OCH3 is 1. The molecule has 2 N–H and O–H groups in total. The van der Waals surface area contributed by atoms with Crippen molar-refractivity contribution in [3.8, 4) is 5.75 Å². The van der Waals surface area contributed by atoms with E-state index in [1.807, 2.05) is 25.3 Å². The SMILES string of the molecule is COc1cc(C)c2[nH]ccc2c1CN1CC[C@H](n2cnc(C(F)(F)F)n2)C[C@H]1c1ccc(C(=O)O)cc1. The van der Waals surface area contributed by atoms with Gasteiger partial charge >= 0.3 is 12.1 Å². The Morgan fingerprint density at radius 3 is 2.65 bits per heavy atom. The Kier molecular flexibility index (Phi) is 6.40. The molecule has 0 aliphatic carbocycles. The summed E-state index contributed by atoms with van der Waals surface area (Å²) in [5, 5.41) is 14.1. The number of aromatic nitrogens is 4. The van der Waals surface area contributed by atoms with Gasteiger partial charge in [0.25, 0.3) is 5.82 Å². The van der Waals surface area contributed by atoms with E-state index < -0.39 is 18.0 Å². The van der Waals surface area contributed by atoms with E-state index in [9.17, 15) is 23.1 Å². The molecule has 1 aliphatic rings. The van der Waals surface area contributed by atoms with Crippen LogP contribution in [-0.2, 0) is 12.7 Å². The van der Waals surface area contributed by atoms with Crippen molar-refractivity contribution in [3.63, 3.8) is 0 Å². The van der Waals surface area contributed by atoms with Crippen LogP contribution in [0.3, 0.4) is 0 Å². The number of fused-ring (bicyclic) bond motifs is 1. The Morgan fingerprint density at radius 2 is 2.00 bits per heavy atom. The van der Waals surface area contributed by atoms with Crippen LogP contribution in [0.5, 0.6) is 5.75 Å². The van der Waals surface area contributed by atoms with Gasteiger partial charge in [-0.1, -0.05) is 12.1 Å². The van der Waals surface area contributed by atoms with E-state index in [2.05, 4.69) is 20.0 Å². The number of hydrogen-bond donors (Lipinski definition) is 2. The van der Waals surface area contributed by atoms with E-state index in [0.29, 0.717) is 25.9 Å². The molecule has 194 valence electrons. The second-order valence-electron chi connectivity index (χ2n) is 9.28. The molecule has 4 aromatic rings. The van der Waals surface area contributed by atoms with Crippen molar-refractivity contribution < 1.29 is 27.8 Å². The number of halogens is 3. The topological polar surface area (TPSA) is 96.3 Å². The fourth-order valence-electron chi connectivity index (χ4n) is 5.18. The lowest BCUT2D eigenvalue weighted by Crippen LogP contribution is -2.37. The van der Waals surface area contributed by atoms with Crippen LogP contribution in [0.1, 0.15) is 57.8 Å². The van der Waals surface area contributed by atoms with Gasteiger partial charge in [0.15, 0.2) is 0 Å². The highest BCUT2D eigenvalue weighted by atomic mass is 19.4. The standard InChI is InChI=1S/C26H26F3N5O3/c1-15-11-22(37-2)20(19-7-9-30-23(15)19)13-33-10-8-18(34-14-31-25(32-34)26(27,28)29)12-21(33)16-3-5-17(6-4-16)24(35)36/h3-7,9,11,14,18,21,30H,8,10,12-13H2,1-2H3,(H,35,36)/t18-,21-/m0/s1. The summed E-state index contributed by atoms with van der Waals surface area (Å²) >= 11 is 0. The third kappa shape index (κ3) is 4.78. The van der Waals surface area contributed by atoms with Gasteiger partial charge in [0.05, 0.1) is 18.7 Å². The second kappa shape index (κ2) is 9.55.